The molecule has 1 aromatic carbocycles. The number of benzene rings is 1. The average molecular weight is 584 g/mol. The molecular weight excluding hydrogens is 527 g/mol. The third-order valence-corrected chi connectivity index (χ3v) is 13.6. The van der Waals surface area contributed by atoms with Crippen molar-refractivity contribution in [1.82, 2.24) is 0 Å². The minimum absolute atomic E-state index is 0.111. The summed E-state index contributed by atoms with van der Waals surface area (Å²) in [6.07, 6.45) is 12.1. The second-order valence-corrected chi connectivity index (χ2v) is 25.1. The van der Waals surface area contributed by atoms with Gasteiger partial charge in [0.2, 0.25) is 0 Å². The Morgan fingerprint density at radius 3 is 2.23 bits per heavy atom. The van der Waals surface area contributed by atoms with E-state index in [4.69, 9.17) is 18.8 Å². The topological polar surface area (TPSA) is 40.0 Å². The van der Waals surface area contributed by atoms with Gasteiger partial charge in [-0.05, 0) is 139 Å². The fourth-order valence-corrected chi connectivity index (χ4v) is 12.8. The van der Waals surface area contributed by atoms with Gasteiger partial charge in [0.25, 0.3) is 0 Å². The van der Waals surface area contributed by atoms with Gasteiger partial charge in [0.05, 0.1) is 5.71 Å². The van der Waals surface area contributed by atoms with Gasteiger partial charge in [0, 0.05) is 11.5 Å². The van der Waals surface area contributed by atoms with E-state index in [1.165, 1.54) is 51.4 Å². The van der Waals surface area contributed by atoms with Gasteiger partial charge in [-0.15, -0.1) is 0 Å². The third-order valence-electron chi connectivity index (χ3n) is 11.6. The van der Waals surface area contributed by atoms with Gasteiger partial charge in [0.1, 0.15) is 12.2 Å². The zero-order valence-electron chi connectivity index (χ0n) is 27.0. The summed E-state index contributed by atoms with van der Waals surface area (Å²) in [5.74, 6) is 3.17. The molecule has 0 N–H and O–H groups in total. The van der Waals surface area contributed by atoms with Crippen LogP contribution in [-0.4, -0.2) is 34.1 Å². The summed E-state index contributed by atoms with van der Waals surface area (Å²) in [5, 5.41) is 4.82. The maximum Gasteiger partial charge on any atom is 0.185 e. The average Bonchev–Trinajstić information content (AvgIpc) is 3.15. The Morgan fingerprint density at radius 2 is 1.55 bits per heavy atom. The van der Waals surface area contributed by atoms with Crippen LogP contribution < -0.4 is 0 Å². The van der Waals surface area contributed by atoms with Crippen LogP contribution in [0.4, 0.5) is 0 Å². The normalized spacial score (nSPS) is 40.2. The van der Waals surface area contributed by atoms with Crippen molar-refractivity contribution in [2.45, 2.75) is 136 Å². The number of oxime groups is 1. The molecule has 0 bridgehead atoms. The molecule has 0 saturated heterocycles. The SMILES string of the molecule is C/C(=N\OCc1ccccc1)[C@@]1(O[Si](C)(C)C)CC[C@H]2[C@@H]3CC[C@H]4C[C@@H](O[Si](C)(C)C)CC[C@]4(C)[C@H]3CC[C@@]21C. The molecule has 8 atom stereocenters. The molecule has 0 heterocycles. The molecule has 4 saturated carbocycles. The largest absolute Gasteiger partial charge is 0.415 e. The van der Waals surface area contributed by atoms with Crippen molar-refractivity contribution >= 4 is 22.3 Å². The highest BCUT2D eigenvalue weighted by molar-refractivity contribution is 6.70. The molecular formula is C34H57NO3Si2. The van der Waals surface area contributed by atoms with Crippen molar-refractivity contribution in [3.63, 3.8) is 0 Å². The fourth-order valence-electron chi connectivity index (χ4n) is 10.0. The molecule has 1 aromatic rings. The number of rotatable bonds is 8. The zero-order valence-corrected chi connectivity index (χ0v) is 29.0. The van der Waals surface area contributed by atoms with E-state index in [-0.39, 0.29) is 11.0 Å². The Kier molecular flexibility index (Phi) is 8.35. The van der Waals surface area contributed by atoms with E-state index in [0.29, 0.717) is 24.0 Å². The lowest BCUT2D eigenvalue weighted by Crippen LogP contribution is -2.61. The van der Waals surface area contributed by atoms with Crippen LogP contribution >= 0.6 is 0 Å². The lowest BCUT2D eigenvalue weighted by molar-refractivity contribution is -0.139. The first-order valence-electron chi connectivity index (χ1n) is 16.3. The predicted octanol–water partition coefficient (Wildman–Crippen LogP) is 9.43. The van der Waals surface area contributed by atoms with E-state index < -0.39 is 16.6 Å². The molecule has 0 aliphatic heterocycles. The Balaban J connectivity index is 1.37. The van der Waals surface area contributed by atoms with E-state index in [9.17, 15) is 0 Å². The van der Waals surface area contributed by atoms with Gasteiger partial charge in [-0.1, -0.05) is 49.3 Å². The van der Waals surface area contributed by atoms with Crippen LogP contribution in [0.5, 0.6) is 0 Å². The molecule has 40 heavy (non-hydrogen) atoms. The number of fused-ring (bicyclic) bond motifs is 5. The van der Waals surface area contributed by atoms with Crippen molar-refractivity contribution in [2.75, 3.05) is 0 Å². The predicted molar refractivity (Wildman–Crippen MR) is 171 cm³/mol. The first-order valence-corrected chi connectivity index (χ1v) is 23.1. The molecule has 224 valence electrons. The van der Waals surface area contributed by atoms with Crippen LogP contribution in [0.2, 0.25) is 39.3 Å². The van der Waals surface area contributed by atoms with Gasteiger partial charge in [-0.25, -0.2) is 0 Å². The number of nitrogens with zero attached hydrogens (tertiary/aromatic N) is 1. The maximum absolute atomic E-state index is 7.31. The fraction of sp³-hybridized carbons (Fsp3) is 0.794. The molecule has 0 radical (unpaired) electrons. The highest BCUT2D eigenvalue weighted by Gasteiger charge is 2.67. The minimum atomic E-state index is -1.84. The van der Waals surface area contributed by atoms with E-state index >= 15 is 0 Å². The quantitative estimate of drug-likeness (QED) is 0.174. The van der Waals surface area contributed by atoms with Crippen LogP contribution in [0.25, 0.3) is 0 Å². The van der Waals surface area contributed by atoms with Gasteiger partial charge >= 0.3 is 0 Å². The zero-order chi connectivity index (χ0) is 29.0. The molecule has 0 aromatic heterocycles. The van der Waals surface area contributed by atoms with Crippen molar-refractivity contribution < 1.29 is 13.7 Å². The molecule has 4 fully saturated rings. The summed E-state index contributed by atoms with van der Waals surface area (Å²) in [7, 11) is -3.34. The summed E-state index contributed by atoms with van der Waals surface area (Å²) >= 11 is 0. The van der Waals surface area contributed by atoms with Gasteiger partial charge in [0.15, 0.2) is 16.6 Å². The Bertz CT molecular complexity index is 1070. The molecule has 4 nitrogen and oxygen atoms in total. The van der Waals surface area contributed by atoms with Crippen LogP contribution in [-0.2, 0) is 20.3 Å². The van der Waals surface area contributed by atoms with Crippen LogP contribution in [0.3, 0.4) is 0 Å². The lowest BCUT2D eigenvalue weighted by atomic mass is 9.44. The Morgan fingerprint density at radius 1 is 0.850 bits per heavy atom. The van der Waals surface area contributed by atoms with Crippen LogP contribution in [0.15, 0.2) is 35.5 Å². The molecule has 4 aliphatic rings. The number of hydrogen-bond donors (Lipinski definition) is 0. The summed E-state index contributed by atoms with van der Waals surface area (Å²) in [6.45, 7) is 22.1. The van der Waals surface area contributed by atoms with Crippen molar-refractivity contribution in [1.29, 1.82) is 0 Å². The van der Waals surface area contributed by atoms with Crippen molar-refractivity contribution in [2.24, 2.45) is 39.7 Å². The van der Waals surface area contributed by atoms with Gasteiger partial charge < -0.3 is 13.7 Å². The second kappa shape index (κ2) is 11.0. The van der Waals surface area contributed by atoms with E-state index in [1.807, 2.05) is 6.07 Å². The molecule has 4 aliphatic carbocycles. The van der Waals surface area contributed by atoms with Gasteiger partial charge in [-0.2, -0.15) is 0 Å². The Labute approximate surface area is 247 Å². The Hall–Kier alpha value is -0.956. The summed E-state index contributed by atoms with van der Waals surface area (Å²) in [6, 6.07) is 10.4. The lowest BCUT2D eigenvalue weighted by Gasteiger charge is -2.62. The summed E-state index contributed by atoms with van der Waals surface area (Å²) in [5.41, 5.74) is 2.49. The first-order chi connectivity index (χ1) is 18.7. The highest BCUT2D eigenvalue weighted by Crippen LogP contribution is 2.69. The molecule has 0 unspecified atom stereocenters. The summed E-state index contributed by atoms with van der Waals surface area (Å²) in [4.78, 5) is 6.01. The summed E-state index contributed by atoms with van der Waals surface area (Å²) < 4.78 is 14.0. The number of hydrogen-bond acceptors (Lipinski definition) is 4. The minimum Gasteiger partial charge on any atom is -0.415 e. The molecule has 0 spiro atoms. The molecule has 6 heteroatoms. The standard InChI is InChI=1S/C34H57NO3Si2/c1-25(35-36-24-26-13-11-10-12-14-26)34(38-40(7,8)9)22-19-31-29-16-15-27-23-28(37-39(4,5)6)17-20-32(27,2)30(29)18-21-33(31,34)3/h10-14,27-31H,15-24H2,1-9H3/b35-25+/t27-,28-,29+,30-,31-,32-,33-,34-/m0/s1. The van der Waals surface area contributed by atoms with Crippen molar-refractivity contribution in [3.05, 3.63) is 35.9 Å². The monoisotopic (exact) mass is 583 g/mol. The van der Waals surface area contributed by atoms with Gasteiger partial charge in [-0.3, -0.25) is 0 Å². The molecule has 0 amide bonds. The van der Waals surface area contributed by atoms with Crippen LogP contribution in [0.1, 0.15) is 84.1 Å². The third kappa shape index (κ3) is 5.68. The van der Waals surface area contributed by atoms with Crippen LogP contribution in [0, 0.1) is 34.5 Å². The smallest absolute Gasteiger partial charge is 0.185 e. The highest BCUT2D eigenvalue weighted by atomic mass is 28.4. The van der Waals surface area contributed by atoms with Crippen molar-refractivity contribution in [3.8, 4) is 0 Å². The maximum atomic E-state index is 7.31. The first kappa shape index (κ1) is 30.5. The second-order valence-electron chi connectivity index (χ2n) is 16.3. The van der Waals surface area contributed by atoms with E-state index in [0.717, 1.165) is 35.4 Å². The van der Waals surface area contributed by atoms with E-state index in [2.05, 4.69) is 84.3 Å². The van der Waals surface area contributed by atoms with E-state index in [1.54, 1.807) is 0 Å². The molecule has 5 rings (SSSR count).